The van der Waals surface area contributed by atoms with Gasteiger partial charge in [-0.1, -0.05) is 30.3 Å². The molecule has 96 valence electrons. The van der Waals surface area contributed by atoms with Crippen molar-refractivity contribution in [2.75, 3.05) is 0 Å². The lowest BCUT2D eigenvalue weighted by atomic mass is 10.1. The predicted octanol–water partition coefficient (Wildman–Crippen LogP) is 0.273. The summed E-state index contributed by atoms with van der Waals surface area (Å²) in [5.41, 5.74) is 0.750. The summed E-state index contributed by atoms with van der Waals surface area (Å²) in [5, 5.41) is 19.5. The fourth-order valence-electron chi connectivity index (χ4n) is 1.43. The average Bonchev–Trinajstić information content (AvgIpc) is 2.28. The quantitative estimate of drug-likeness (QED) is 0.630. The molecule has 3 N–H and O–H groups in total. The Morgan fingerprint density at radius 3 is 2.22 bits per heavy atom. The second-order valence-electron chi connectivity index (χ2n) is 3.72. The van der Waals surface area contributed by atoms with Gasteiger partial charge in [0.2, 0.25) is 5.91 Å². The van der Waals surface area contributed by atoms with Crippen molar-refractivity contribution in [3.05, 3.63) is 35.9 Å². The highest BCUT2D eigenvalue weighted by Gasteiger charge is 2.21. The van der Waals surface area contributed by atoms with Crippen LogP contribution in [-0.4, -0.2) is 34.1 Å². The highest BCUT2D eigenvalue weighted by Crippen LogP contribution is 2.03. The van der Waals surface area contributed by atoms with Crippen LogP contribution in [0.5, 0.6) is 0 Å². The summed E-state index contributed by atoms with van der Waals surface area (Å²) in [7, 11) is 0. The molecule has 0 radical (unpaired) electrons. The van der Waals surface area contributed by atoms with E-state index in [2.05, 4.69) is 5.32 Å². The van der Waals surface area contributed by atoms with Gasteiger partial charge in [0.05, 0.1) is 0 Å². The van der Waals surface area contributed by atoms with Gasteiger partial charge in [-0.05, 0) is 5.56 Å². The lowest BCUT2D eigenvalue weighted by Crippen LogP contribution is -2.42. The number of amides is 1. The van der Waals surface area contributed by atoms with Gasteiger partial charge in [-0.2, -0.15) is 0 Å². The molecule has 18 heavy (non-hydrogen) atoms. The third kappa shape index (κ3) is 4.65. The van der Waals surface area contributed by atoms with E-state index in [9.17, 15) is 14.4 Å². The van der Waals surface area contributed by atoms with E-state index in [0.717, 1.165) is 5.56 Å². The molecule has 0 aliphatic carbocycles. The number of hydrogen-bond acceptors (Lipinski definition) is 3. The van der Waals surface area contributed by atoms with Crippen molar-refractivity contribution in [1.29, 1.82) is 0 Å². The van der Waals surface area contributed by atoms with Crippen molar-refractivity contribution < 1.29 is 24.6 Å². The molecule has 1 atom stereocenters. The van der Waals surface area contributed by atoms with Crippen LogP contribution in [0.25, 0.3) is 0 Å². The van der Waals surface area contributed by atoms with Crippen molar-refractivity contribution in [1.82, 2.24) is 5.32 Å². The molecule has 0 aliphatic heterocycles. The van der Waals surface area contributed by atoms with E-state index < -0.39 is 30.3 Å². The van der Waals surface area contributed by atoms with Gasteiger partial charge in [-0.25, -0.2) is 4.79 Å². The van der Waals surface area contributed by atoms with E-state index in [-0.39, 0.29) is 6.42 Å². The number of carboxylic acid groups (broad SMARTS) is 2. The normalized spacial score (nSPS) is 11.6. The van der Waals surface area contributed by atoms with Gasteiger partial charge < -0.3 is 15.5 Å². The number of carbonyl (C=O) groups is 3. The first kappa shape index (κ1) is 13.7. The Bertz CT molecular complexity index is 443. The van der Waals surface area contributed by atoms with Gasteiger partial charge in [0.15, 0.2) is 0 Å². The predicted molar refractivity (Wildman–Crippen MR) is 62.0 cm³/mol. The number of aliphatic carboxylic acids is 2. The van der Waals surface area contributed by atoms with E-state index in [1.54, 1.807) is 30.3 Å². The third-order valence-electron chi connectivity index (χ3n) is 2.23. The zero-order chi connectivity index (χ0) is 13.5. The summed E-state index contributed by atoms with van der Waals surface area (Å²) in [6.07, 6.45) is -0.625. The Morgan fingerprint density at radius 1 is 1.11 bits per heavy atom. The van der Waals surface area contributed by atoms with Crippen molar-refractivity contribution in [3.63, 3.8) is 0 Å². The molecule has 6 heteroatoms. The first-order chi connectivity index (χ1) is 8.49. The van der Waals surface area contributed by atoms with Gasteiger partial charge in [-0.3, -0.25) is 9.59 Å². The molecule has 1 amide bonds. The molecule has 0 aromatic heterocycles. The molecule has 0 spiro atoms. The average molecular weight is 251 g/mol. The second kappa shape index (κ2) is 6.39. The Hall–Kier alpha value is -2.37. The number of carboxylic acids is 2. The first-order valence-electron chi connectivity index (χ1n) is 5.27. The molecular formula is C12H13NO5. The zero-order valence-corrected chi connectivity index (χ0v) is 9.50. The van der Waals surface area contributed by atoms with Crippen LogP contribution in [-0.2, 0) is 20.8 Å². The SMILES string of the molecule is O=C(O)CC(=O)NC(Cc1ccccc1)C(=O)O. The van der Waals surface area contributed by atoms with Gasteiger partial charge >= 0.3 is 11.9 Å². The molecule has 0 aliphatic rings. The van der Waals surface area contributed by atoms with E-state index in [4.69, 9.17) is 10.2 Å². The molecule has 1 aromatic carbocycles. The van der Waals surface area contributed by atoms with E-state index in [0.29, 0.717) is 0 Å². The topological polar surface area (TPSA) is 104 Å². The van der Waals surface area contributed by atoms with Gasteiger partial charge in [-0.15, -0.1) is 0 Å². The number of rotatable bonds is 6. The summed E-state index contributed by atoms with van der Waals surface area (Å²) < 4.78 is 0. The molecule has 1 rings (SSSR count). The second-order valence-corrected chi connectivity index (χ2v) is 3.72. The van der Waals surface area contributed by atoms with Crippen LogP contribution in [0.2, 0.25) is 0 Å². The van der Waals surface area contributed by atoms with E-state index >= 15 is 0 Å². The molecule has 1 aromatic rings. The Balaban J connectivity index is 2.64. The van der Waals surface area contributed by atoms with Crippen LogP contribution in [0.1, 0.15) is 12.0 Å². The maximum atomic E-state index is 11.2. The van der Waals surface area contributed by atoms with Crippen LogP contribution in [0.4, 0.5) is 0 Å². The maximum absolute atomic E-state index is 11.2. The summed E-state index contributed by atoms with van der Waals surface area (Å²) >= 11 is 0. The van der Waals surface area contributed by atoms with Gasteiger partial charge in [0, 0.05) is 6.42 Å². The number of benzene rings is 1. The van der Waals surface area contributed by atoms with Crippen LogP contribution in [0, 0.1) is 0 Å². The van der Waals surface area contributed by atoms with Crippen molar-refractivity contribution in [3.8, 4) is 0 Å². The fraction of sp³-hybridized carbons (Fsp3) is 0.250. The summed E-state index contributed by atoms with van der Waals surface area (Å²) in [5.74, 6) is -3.31. The summed E-state index contributed by atoms with van der Waals surface area (Å²) in [6, 6.07) is 7.65. The van der Waals surface area contributed by atoms with Crippen molar-refractivity contribution in [2.45, 2.75) is 18.9 Å². The molecule has 6 nitrogen and oxygen atoms in total. The molecular weight excluding hydrogens is 238 g/mol. The maximum Gasteiger partial charge on any atom is 0.326 e. The number of hydrogen-bond donors (Lipinski definition) is 3. The summed E-state index contributed by atoms with van der Waals surface area (Å²) in [4.78, 5) is 32.5. The number of nitrogens with one attached hydrogen (secondary N) is 1. The minimum Gasteiger partial charge on any atom is -0.481 e. The standard InChI is InChI=1S/C12H13NO5/c14-10(7-11(15)16)13-9(12(17)18)6-8-4-2-1-3-5-8/h1-5,9H,6-7H2,(H,13,14)(H,15,16)(H,17,18). The Labute approximate surface area is 103 Å². The van der Waals surface area contributed by atoms with E-state index in [1.165, 1.54) is 0 Å². The molecule has 0 bridgehead atoms. The number of carbonyl (C=O) groups excluding carboxylic acids is 1. The van der Waals surface area contributed by atoms with Crippen LogP contribution >= 0.6 is 0 Å². The minimum atomic E-state index is -1.30. The van der Waals surface area contributed by atoms with Gasteiger partial charge in [0.1, 0.15) is 12.5 Å². The van der Waals surface area contributed by atoms with Crippen LogP contribution in [0.15, 0.2) is 30.3 Å². The van der Waals surface area contributed by atoms with Gasteiger partial charge in [0.25, 0.3) is 0 Å². The fourth-order valence-corrected chi connectivity index (χ4v) is 1.43. The minimum absolute atomic E-state index is 0.113. The zero-order valence-electron chi connectivity index (χ0n) is 9.50. The highest BCUT2D eigenvalue weighted by molar-refractivity contribution is 5.95. The lowest BCUT2D eigenvalue weighted by Gasteiger charge is -2.13. The van der Waals surface area contributed by atoms with E-state index in [1.807, 2.05) is 0 Å². The third-order valence-corrected chi connectivity index (χ3v) is 2.23. The van der Waals surface area contributed by atoms with Crippen molar-refractivity contribution >= 4 is 17.8 Å². The molecule has 0 saturated carbocycles. The Kier molecular flexibility index (Phi) is 4.86. The van der Waals surface area contributed by atoms with Crippen LogP contribution in [0.3, 0.4) is 0 Å². The lowest BCUT2D eigenvalue weighted by molar-refractivity contribution is -0.145. The smallest absolute Gasteiger partial charge is 0.326 e. The van der Waals surface area contributed by atoms with Crippen molar-refractivity contribution in [2.24, 2.45) is 0 Å². The summed E-state index contributed by atoms with van der Waals surface area (Å²) in [6.45, 7) is 0. The highest BCUT2D eigenvalue weighted by atomic mass is 16.4. The largest absolute Gasteiger partial charge is 0.481 e. The molecule has 0 heterocycles. The monoisotopic (exact) mass is 251 g/mol. The Morgan fingerprint density at radius 2 is 1.72 bits per heavy atom. The molecule has 0 fully saturated rings. The first-order valence-corrected chi connectivity index (χ1v) is 5.27. The van der Waals surface area contributed by atoms with Crippen LogP contribution < -0.4 is 5.32 Å². The molecule has 1 unspecified atom stereocenters. The molecule has 0 saturated heterocycles.